The van der Waals surface area contributed by atoms with Crippen LogP contribution in [0, 0.1) is 0 Å². The highest BCUT2D eigenvalue weighted by Crippen LogP contribution is 2.14. The van der Waals surface area contributed by atoms with Crippen LogP contribution in [-0.2, 0) is 11.2 Å². The van der Waals surface area contributed by atoms with Gasteiger partial charge in [-0.1, -0.05) is 13.0 Å². The van der Waals surface area contributed by atoms with Crippen LogP contribution in [0.3, 0.4) is 0 Å². The molecule has 0 aliphatic carbocycles. The molecule has 0 aliphatic rings. The second-order valence-electron chi connectivity index (χ2n) is 3.89. The van der Waals surface area contributed by atoms with Crippen LogP contribution in [0.25, 0.3) is 0 Å². The molecule has 1 aromatic heterocycles. The van der Waals surface area contributed by atoms with Crippen LogP contribution < -0.4 is 5.73 Å². The zero-order valence-electron chi connectivity index (χ0n) is 9.73. The molecule has 0 bridgehead atoms. The molecule has 2 N–H and O–H groups in total. The lowest BCUT2D eigenvalue weighted by Gasteiger charge is -2.16. The standard InChI is InChI=1S/C12H20N2O/c1-4-10-6-5-7-14-12(10)11(13)8-15-9(2)3/h5-7,9,11H,4,8,13H2,1-3H3. The third-order valence-corrected chi connectivity index (χ3v) is 2.27. The SMILES string of the molecule is CCc1cccnc1C(N)COC(C)C. The van der Waals surface area contributed by atoms with Gasteiger partial charge in [0.2, 0.25) is 0 Å². The lowest BCUT2D eigenvalue weighted by Crippen LogP contribution is -2.22. The summed E-state index contributed by atoms with van der Waals surface area (Å²) in [6, 6.07) is 3.89. The smallest absolute Gasteiger partial charge is 0.0710 e. The molecule has 0 fully saturated rings. The van der Waals surface area contributed by atoms with Crippen molar-refractivity contribution < 1.29 is 4.74 Å². The fraction of sp³-hybridized carbons (Fsp3) is 0.583. The summed E-state index contributed by atoms with van der Waals surface area (Å²) in [6.45, 7) is 6.65. The Hall–Kier alpha value is -0.930. The van der Waals surface area contributed by atoms with Crippen molar-refractivity contribution in [3.63, 3.8) is 0 Å². The van der Waals surface area contributed by atoms with Gasteiger partial charge in [0, 0.05) is 6.20 Å². The topological polar surface area (TPSA) is 48.1 Å². The molecular formula is C12H20N2O. The number of nitrogens with zero attached hydrogens (tertiary/aromatic N) is 1. The molecule has 0 spiro atoms. The van der Waals surface area contributed by atoms with E-state index in [0.29, 0.717) is 6.61 Å². The third-order valence-electron chi connectivity index (χ3n) is 2.27. The lowest BCUT2D eigenvalue weighted by molar-refractivity contribution is 0.0675. The summed E-state index contributed by atoms with van der Waals surface area (Å²) in [6.07, 6.45) is 2.95. The van der Waals surface area contributed by atoms with Gasteiger partial charge in [0.1, 0.15) is 0 Å². The van der Waals surface area contributed by atoms with Crippen molar-refractivity contribution in [2.75, 3.05) is 6.61 Å². The number of aryl methyl sites for hydroxylation is 1. The normalized spacial score (nSPS) is 13.1. The second kappa shape index (κ2) is 5.83. The van der Waals surface area contributed by atoms with E-state index >= 15 is 0 Å². The monoisotopic (exact) mass is 208 g/mol. The van der Waals surface area contributed by atoms with E-state index in [9.17, 15) is 0 Å². The van der Waals surface area contributed by atoms with E-state index in [1.807, 2.05) is 19.9 Å². The molecule has 1 rings (SSSR count). The first kappa shape index (κ1) is 12.1. The van der Waals surface area contributed by atoms with Crippen LogP contribution >= 0.6 is 0 Å². The maximum Gasteiger partial charge on any atom is 0.0710 e. The zero-order chi connectivity index (χ0) is 11.3. The minimum atomic E-state index is -0.122. The van der Waals surface area contributed by atoms with Gasteiger partial charge in [0.25, 0.3) is 0 Å². The molecule has 1 heterocycles. The maximum absolute atomic E-state index is 6.03. The van der Waals surface area contributed by atoms with Crippen molar-refractivity contribution >= 4 is 0 Å². The summed E-state index contributed by atoms with van der Waals surface area (Å²) in [5, 5.41) is 0. The molecule has 0 saturated carbocycles. The first-order valence-electron chi connectivity index (χ1n) is 5.46. The Labute approximate surface area is 91.7 Å². The van der Waals surface area contributed by atoms with Crippen LogP contribution in [0.4, 0.5) is 0 Å². The largest absolute Gasteiger partial charge is 0.377 e. The fourth-order valence-corrected chi connectivity index (χ4v) is 1.46. The van der Waals surface area contributed by atoms with Gasteiger partial charge in [0.05, 0.1) is 24.4 Å². The van der Waals surface area contributed by atoms with Crippen LogP contribution in [0.15, 0.2) is 18.3 Å². The van der Waals surface area contributed by atoms with Crippen LogP contribution in [0.5, 0.6) is 0 Å². The van der Waals surface area contributed by atoms with Crippen LogP contribution in [0.1, 0.15) is 38.1 Å². The molecule has 1 atom stereocenters. The summed E-state index contributed by atoms with van der Waals surface area (Å²) in [5.74, 6) is 0. The average Bonchev–Trinajstić information content (AvgIpc) is 2.25. The van der Waals surface area contributed by atoms with E-state index in [4.69, 9.17) is 10.5 Å². The van der Waals surface area contributed by atoms with Gasteiger partial charge in [-0.2, -0.15) is 0 Å². The number of aromatic nitrogens is 1. The molecule has 3 nitrogen and oxygen atoms in total. The third kappa shape index (κ3) is 3.61. The molecule has 3 heteroatoms. The van der Waals surface area contributed by atoms with E-state index in [2.05, 4.69) is 18.0 Å². The van der Waals surface area contributed by atoms with E-state index in [0.717, 1.165) is 12.1 Å². The van der Waals surface area contributed by atoms with E-state index in [1.54, 1.807) is 6.20 Å². The minimum Gasteiger partial charge on any atom is -0.377 e. The van der Waals surface area contributed by atoms with Gasteiger partial charge in [-0.15, -0.1) is 0 Å². The molecule has 84 valence electrons. The van der Waals surface area contributed by atoms with E-state index in [-0.39, 0.29) is 12.1 Å². The van der Waals surface area contributed by atoms with Crippen LogP contribution in [-0.4, -0.2) is 17.7 Å². The van der Waals surface area contributed by atoms with Crippen molar-refractivity contribution in [1.82, 2.24) is 4.98 Å². The van der Waals surface area contributed by atoms with E-state index < -0.39 is 0 Å². The first-order valence-corrected chi connectivity index (χ1v) is 5.46. The Morgan fingerprint density at radius 1 is 1.47 bits per heavy atom. The summed E-state index contributed by atoms with van der Waals surface area (Å²) < 4.78 is 5.49. The summed E-state index contributed by atoms with van der Waals surface area (Å²) in [7, 11) is 0. The van der Waals surface area contributed by atoms with Gasteiger partial charge in [0.15, 0.2) is 0 Å². The maximum atomic E-state index is 6.03. The second-order valence-corrected chi connectivity index (χ2v) is 3.89. The molecule has 15 heavy (non-hydrogen) atoms. The van der Waals surface area contributed by atoms with Gasteiger partial charge in [-0.25, -0.2) is 0 Å². The molecular weight excluding hydrogens is 188 g/mol. The summed E-state index contributed by atoms with van der Waals surface area (Å²) >= 11 is 0. The number of pyridine rings is 1. The predicted molar refractivity (Wildman–Crippen MR) is 61.6 cm³/mol. The van der Waals surface area contributed by atoms with Gasteiger partial charge >= 0.3 is 0 Å². The first-order chi connectivity index (χ1) is 7.15. The van der Waals surface area contributed by atoms with Gasteiger partial charge in [-0.3, -0.25) is 4.98 Å². The van der Waals surface area contributed by atoms with Crippen molar-refractivity contribution in [1.29, 1.82) is 0 Å². The van der Waals surface area contributed by atoms with E-state index in [1.165, 1.54) is 5.56 Å². The molecule has 0 aliphatic heterocycles. The molecule has 0 radical (unpaired) electrons. The lowest BCUT2D eigenvalue weighted by atomic mass is 10.1. The van der Waals surface area contributed by atoms with Crippen LogP contribution in [0.2, 0.25) is 0 Å². The molecule has 1 unspecified atom stereocenters. The predicted octanol–water partition coefficient (Wildman–Crippen LogP) is 2.07. The number of hydrogen-bond donors (Lipinski definition) is 1. The Bertz CT molecular complexity index is 299. The Morgan fingerprint density at radius 2 is 2.20 bits per heavy atom. The van der Waals surface area contributed by atoms with Gasteiger partial charge < -0.3 is 10.5 Å². The minimum absolute atomic E-state index is 0.122. The molecule has 1 aromatic rings. The quantitative estimate of drug-likeness (QED) is 0.805. The van der Waals surface area contributed by atoms with Crippen molar-refractivity contribution in [2.24, 2.45) is 5.73 Å². The van der Waals surface area contributed by atoms with Crippen molar-refractivity contribution in [3.05, 3.63) is 29.6 Å². The molecule has 0 saturated heterocycles. The summed E-state index contributed by atoms with van der Waals surface area (Å²) in [4.78, 5) is 4.32. The molecule has 0 aromatic carbocycles. The highest BCUT2D eigenvalue weighted by Gasteiger charge is 2.11. The number of rotatable bonds is 5. The Balaban J connectivity index is 2.68. The number of nitrogens with two attached hydrogens (primary N) is 1. The Kier molecular flexibility index (Phi) is 4.72. The average molecular weight is 208 g/mol. The number of hydrogen-bond acceptors (Lipinski definition) is 3. The molecule has 0 amide bonds. The van der Waals surface area contributed by atoms with Crippen molar-refractivity contribution in [2.45, 2.75) is 39.3 Å². The van der Waals surface area contributed by atoms with Gasteiger partial charge in [-0.05, 0) is 31.9 Å². The number of ether oxygens (including phenoxy) is 1. The Morgan fingerprint density at radius 3 is 2.80 bits per heavy atom. The summed E-state index contributed by atoms with van der Waals surface area (Å²) in [5.41, 5.74) is 8.20. The highest BCUT2D eigenvalue weighted by atomic mass is 16.5. The van der Waals surface area contributed by atoms with Crippen molar-refractivity contribution in [3.8, 4) is 0 Å². The zero-order valence-corrected chi connectivity index (χ0v) is 9.73. The highest BCUT2D eigenvalue weighted by molar-refractivity contribution is 5.22. The fourth-order valence-electron chi connectivity index (χ4n) is 1.46.